The van der Waals surface area contributed by atoms with Gasteiger partial charge in [0.2, 0.25) is 0 Å². The topological polar surface area (TPSA) is 92.0 Å². The normalized spacial score (nSPS) is 12.8. The van der Waals surface area contributed by atoms with Crippen LogP contribution in [0.25, 0.3) is 0 Å². The van der Waals surface area contributed by atoms with Crippen molar-refractivity contribution in [1.29, 1.82) is 0 Å². The molecule has 1 unspecified atom stereocenters. The van der Waals surface area contributed by atoms with E-state index in [0.29, 0.717) is 12.2 Å². The van der Waals surface area contributed by atoms with Crippen molar-refractivity contribution in [2.24, 2.45) is 5.73 Å². The fourth-order valence-corrected chi connectivity index (χ4v) is 0.880. The molecule has 1 atom stereocenters. The molecule has 1 heterocycles. The molecule has 0 saturated carbocycles. The van der Waals surface area contributed by atoms with Gasteiger partial charge in [0.15, 0.2) is 0 Å². The van der Waals surface area contributed by atoms with Crippen molar-refractivity contribution < 1.29 is 9.90 Å². The highest BCUT2D eigenvalue weighted by atomic mass is 16.4. The molecule has 0 aliphatic rings. The Labute approximate surface area is 69.6 Å². The number of carbonyl (C=O) groups is 1. The molecule has 0 aromatic carbocycles. The monoisotopic (exact) mass is 169 g/mol. The van der Waals surface area contributed by atoms with Crippen LogP contribution in [0.2, 0.25) is 0 Å². The van der Waals surface area contributed by atoms with E-state index in [1.54, 1.807) is 0 Å². The highest BCUT2D eigenvalue weighted by molar-refractivity contribution is 5.84. The van der Waals surface area contributed by atoms with Gasteiger partial charge < -0.3 is 15.8 Å². The second-order valence-corrected chi connectivity index (χ2v) is 2.73. The summed E-state index contributed by atoms with van der Waals surface area (Å²) in [6.45, 7) is 1.84. The third-order valence-electron chi connectivity index (χ3n) is 1.37. The van der Waals surface area contributed by atoms with Gasteiger partial charge >= 0.3 is 5.97 Å². The summed E-state index contributed by atoms with van der Waals surface area (Å²) in [5, 5.41) is 8.53. The minimum Gasteiger partial charge on any atom is -0.477 e. The smallest absolute Gasteiger partial charge is 0.353 e. The van der Waals surface area contributed by atoms with Gasteiger partial charge in [-0.1, -0.05) is 0 Å². The summed E-state index contributed by atoms with van der Waals surface area (Å²) in [5.41, 5.74) is 5.60. The number of aromatic nitrogens is 2. The van der Waals surface area contributed by atoms with Crippen LogP contribution in [-0.4, -0.2) is 27.1 Å². The molecular weight excluding hydrogens is 158 g/mol. The molecule has 4 N–H and O–H groups in total. The summed E-state index contributed by atoms with van der Waals surface area (Å²) in [6, 6.07) is -0.0159. The predicted octanol–water partition coefficient (Wildman–Crippen LogP) is -0.00240. The third kappa shape index (κ3) is 2.06. The van der Waals surface area contributed by atoms with Crippen molar-refractivity contribution in [3.8, 4) is 0 Å². The summed E-state index contributed by atoms with van der Waals surface area (Å²) < 4.78 is 0. The van der Waals surface area contributed by atoms with Crippen LogP contribution < -0.4 is 5.73 Å². The summed E-state index contributed by atoms with van der Waals surface area (Å²) in [6.07, 6.45) is 1.85. The largest absolute Gasteiger partial charge is 0.477 e. The molecule has 1 rings (SSSR count). The van der Waals surface area contributed by atoms with E-state index in [1.165, 1.54) is 6.20 Å². The lowest BCUT2D eigenvalue weighted by Gasteiger charge is -1.99. The summed E-state index contributed by atoms with van der Waals surface area (Å²) >= 11 is 0. The average molecular weight is 169 g/mol. The van der Waals surface area contributed by atoms with Crippen molar-refractivity contribution in [1.82, 2.24) is 9.97 Å². The first-order valence-electron chi connectivity index (χ1n) is 3.62. The Hall–Kier alpha value is -1.36. The molecule has 5 heteroatoms. The summed E-state index contributed by atoms with van der Waals surface area (Å²) in [5.74, 6) is -0.388. The number of aromatic carboxylic acids is 1. The molecule has 0 radical (unpaired) electrons. The van der Waals surface area contributed by atoms with E-state index in [4.69, 9.17) is 10.8 Å². The fourth-order valence-electron chi connectivity index (χ4n) is 0.880. The third-order valence-corrected chi connectivity index (χ3v) is 1.37. The summed E-state index contributed by atoms with van der Waals surface area (Å²) in [7, 11) is 0. The lowest BCUT2D eigenvalue weighted by molar-refractivity contribution is 0.0691. The second-order valence-electron chi connectivity index (χ2n) is 2.73. The number of H-pyrrole nitrogens is 1. The van der Waals surface area contributed by atoms with Crippen LogP contribution in [0.3, 0.4) is 0 Å². The van der Waals surface area contributed by atoms with Gasteiger partial charge in [-0.3, -0.25) is 0 Å². The fraction of sp³-hybridized carbons (Fsp3) is 0.429. The Bertz CT molecular complexity index is 280. The molecule has 1 aromatic heterocycles. The highest BCUT2D eigenvalue weighted by Crippen LogP contribution is 1.99. The lowest BCUT2D eigenvalue weighted by atomic mass is 10.2. The van der Waals surface area contributed by atoms with Gasteiger partial charge in [0, 0.05) is 12.5 Å². The van der Waals surface area contributed by atoms with Gasteiger partial charge in [0.1, 0.15) is 11.5 Å². The van der Waals surface area contributed by atoms with Gasteiger partial charge in [-0.2, -0.15) is 0 Å². The Morgan fingerprint density at radius 3 is 3.00 bits per heavy atom. The second kappa shape index (κ2) is 3.36. The van der Waals surface area contributed by atoms with E-state index in [0.717, 1.165) is 0 Å². The van der Waals surface area contributed by atoms with Crippen LogP contribution in [0.1, 0.15) is 23.2 Å². The van der Waals surface area contributed by atoms with Gasteiger partial charge in [0.05, 0.1) is 6.20 Å². The zero-order valence-corrected chi connectivity index (χ0v) is 6.74. The van der Waals surface area contributed by atoms with Crippen molar-refractivity contribution in [3.05, 3.63) is 17.7 Å². The Morgan fingerprint density at radius 1 is 1.92 bits per heavy atom. The molecule has 0 aliphatic carbocycles. The predicted molar refractivity (Wildman–Crippen MR) is 42.9 cm³/mol. The number of carboxylic acid groups (broad SMARTS) is 1. The van der Waals surface area contributed by atoms with Crippen LogP contribution in [0.15, 0.2) is 6.20 Å². The minimum atomic E-state index is -1.00. The quantitative estimate of drug-likeness (QED) is 0.593. The maximum absolute atomic E-state index is 10.4. The molecule has 12 heavy (non-hydrogen) atoms. The molecule has 1 aromatic rings. The maximum Gasteiger partial charge on any atom is 0.353 e. The first-order valence-corrected chi connectivity index (χ1v) is 3.62. The molecule has 0 aliphatic heterocycles. The van der Waals surface area contributed by atoms with E-state index < -0.39 is 5.97 Å². The standard InChI is InChI=1S/C7H11N3O2/c1-4(8)2-6-9-3-5(10-6)7(11)12/h3-4H,2,8H2,1H3,(H,9,10)(H,11,12). The lowest BCUT2D eigenvalue weighted by Crippen LogP contribution is -2.18. The van der Waals surface area contributed by atoms with E-state index in [2.05, 4.69) is 9.97 Å². The zero-order chi connectivity index (χ0) is 9.14. The van der Waals surface area contributed by atoms with Crippen LogP contribution in [-0.2, 0) is 6.42 Å². The van der Waals surface area contributed by atoms with Crippen LogP contribution in [0.4, 0.5) is 0 Å². The van der Waals surface area contributed by atoms with E-state index in [-0.39, 0.29) is 11.7 Å². The molecular formula is C7H11N3O2. The van der Waals surface area contributed by atoms with E-state index in [9.17, 15) is 4.79 Å². The number of nitrogens with two attached hydrogens (primary N) is 1. The number of nitrogens with zero attached hydrogens (tertiary/aromatic N) is 1. The average Bonchev–Trinajstić information content (AvgIpc) is 2.34. The van der Waals surface area contributed by atoms with E-state index in [1.807, 2.05) is 6.92 Å². The number of aromatic amines is 1. The van der Waals surface area contributed by atoms with Crippen molar-refractivity contribution >= 4 is 5.97 Å². The molecule has 0 bridgehead atoms. The Morgan fingerprint density at radius 2 is 2.58 bits per heavy atom. The van der Waals surface area contributed by atoms with Gasteiger partial charge in [0.25, 0.3) is 0 Å². The molecule has 0 amide bonds. The first-order chi connectivity index (χ1) is 5.59. The Balaban J connectivity index is 2.71. The van der Waals surface area contributed by atoms with Gasteiger partial charge in [-0.15, -0.1) is 0 Å². The van der Waals surface area contributed by atoms with Crippen LogP contribution >= 0.6 is 0 Å². The molecule has 66 valence electrons. The molecule has 0 saturated heterocycles. The number of imidazole rings is 1. The molecule has 0 spiro atoms. The maximum atomic E-state index is 10.4. The number of rotatable bonds is 3. The molecule has 5 nitrogen and oxygen atoms in total. The van der Waals surface area contributed by atoms with Crippen molar-refractivity contribution in [3.63, 3.8) is 0 Å². The SMILES string of the molecule is CC(N)Cc1ncc(C(=O)O)[nH]1. The van der Waals surface area contributed by atoms with Crippen molar-refractivity contribution in [2.45, 2.75) is 19.4 Å². The van der Waals surface area contributed by atoms with Crippen LogP contribution in [0.5, 0.6) is 0 Å². The van der Waals surface area contributed by atoms with Crippen molar-refractivity contribution in [2.75, 3.05) is 0 Å². The number of hydrogen-bond acceptors (Lipinski definition) is 3. The van der Waals surface area contributed by atoms with Gasteiger partial charge in [-0.25, -0.2) is 9.78 Å². The number of hydrogen-bond donors (Lipinski definition) is 3. The highest BCUT2D eigenvalue weighted by Gasteiger charge is 2.07. The summed E-state index contributed by atoms with van der Waals surface area (Å²) in [4.78, 5) is 16.9. The Kier molecular flexibility index (Phi) is 2.44. The zero-order valence-electron chi connectivity index (χ0n) is 6.74. The van der Waals surface area contributed by atoms with Crippen LogP contribution in [0, 0.1) is 0 Å². The number of carboxylic acids is 1. The number of nitrogens with one attached hydrogen (secondary N) is 1. The first kappa shape index (κ1) is 8.73. The minimum absolute atomic E-state index is 0.0159. The van der Waals surface area contributed by atoms with Gasteiger partial charge in [-0.05, 0) is 6.92 Å². The van der Waals surface area contributed by atoms with E-state index >= 15 is 0 Å². The molecule has 0 fully saturated rings.